The van der Waals surface area contributed by atoms with Gasteiger partial charge in [-0.15, -0.1) is 0 Å². The first-order valence-electron chi connectivity index (χ1n) is 4.75. The van der Waals surface area contributed by atoms with E-state index in [2.05, 4.69) is 0 Å². The molecule has 2 nitrogen and oxygen atoms in total. The standard InChI is InChI=1S/C11H10ClFO2/c12-7-2-3-8(9(13)6-7)11(10(14)15)4-1-5-11/h2-3,6H,1,4-5H2,(H,14,15). The van der Waals surface area contributed by atoms with E-state index in [9.17, 15) is 9.18 Å². The lowest BCUT2D eigenvalue weighted by Gasteiger charge is -2.38. The minimum atomic E-state index is -1.02. The van der Waals surface area contributed by atoms with Gasteiger partial charge in [0, 0.05) is 10.6 Å². The molecule has 80 valence electrons. The van der Waals surface area contributed by atoms with E-state index in [-0.39, 0.29) is 10.6 Å². The van der Waals surface area contributed by atoms with Crippen molar-refractivity contribution in [1.82, 2.24) is 0 Å². The largest absolute Gasteiger partial charge is 0.481 e. The van der Waals surface area contributed by atoms with Gasteiger partial charge in [-0.3, -0.25) is 4.79 Å². The Morgan fingerprint density at radius 2 is 2.13 bits per heavy atom. The fourth-order valence-corrected chi connectivity index (χ4v) is 2.17. The summed E-state index contributed by atoms with van der Waals surface area (Å²) in [6.45, 7) is 0. The van der Waals surface area contributed by atoms with E-state index in [4.69, 9.17) is 16.7 Å². The second kappa shape index (κ2) is 3.49. The summed E-state index contributed by atoms with van der Waals surface area (Å²) in [7, 11) is 0. The molecule has 0 aliphatic heterocycles. The van der Waals surface area contributed by atoms with Crippen LogP contribution in [-0.4, -0.2) is 11.1 Å². The van der Waals surface area contributed by atoms with Crippen LogP contribution in [0.4, 0.5) is 4.39 Å². The van der Waals surface area contributed by atoms with Gasteiger partial charge in [0.1, 0.15) is 5.82 Å². The topological polar surface area (TPSA) is 37.3 Å². The number of hydrogen-bond donors (Lipinski definition) is 1. The van der Waals surface area contributed by atoms with Crippen LogP contribution in [0.25, 0.3) is 0 Å². The summed E-state index contributed by atoms with van der Waals surface area (Å²) in [6, 6.07) is 4.17. The van der Waals surface area contributed by atoms with Gasteiger partial charge in [-0.1, -0.05) is 24.1 Å². The first-order chi connectivity index (χ1) is 7.06. The molecule has 1 aromatic carbocycles. The molecule has 0 heterocycles. The van der Waals surface area contributed by atoms with E-state index < -0.39 is 17.2 Å². The van der Waals surface area contributed by atoms with Gasteiger partial charge in [0.25, 0.3) is 0 Å². The van der Waals surface area contributed by atoms with Crippen molar-refractivity contribution < 1.29 is 14.3 Å². The molecule has 1 aliphatic carbocycles. The number of hydrogen-bond acceptors (Lipinski definition) is 1. The molecule has 0 unspecified atom stereocenters. The summed E-state index contributed by atoms with van der Waals surface area (Å²) in [5.41, 5.74) is -0.764. The monoisotopic (exact) mass is 228 g/mol. The van der Waals surface area contributed by atoms with Gasteiger partial charge in [0.05, 0.1) is 5.41 Å². The predicted molar refractivity (Wildman–Crippen MR) is 54.6 cm³/mol. The molecule has 1 fully saturated rings. The van der Waals surface area contributed by atoms with Crippen molar-refractivity contribution >= 4 is 17.6 Å². The van der Waals surface area contributed by atoms with Crippen LogP contribution in [0, 0.1) is 5.82 Å². The Bertz CT molecular complexity index is 413. The number of rotatable bonds is 2. The van der Waals surface area contributed by atoms with Gasteiger partial charge < -0.3 is 5.11 Å². The number of benzene rings is 1. The van der Waals surface area contributed by atoms with Gasteiger partial charge >= 0.3 is 5.97 Å². The summed E-state index contributed by atoms with van der Waals surface area (Å²) in [4.78, 5) is 11.1. The van der Waals surface area contributed by atoms with Gasteiger partial charge in [-0.2, -0.15) is 0 Å². The van der Waals surface area contributed by atoms with Gasteiger partial charge in [-0.05, 0) is 25.0 Å². The molecule has 0 aromatic heterocycles. The maximum absolute atomic E-state index is 13.6. The molecule has 0 saturated heterocycles. The first kappa shape index (κ1) is 10.4. The number of carboxylic acids is 1. The molecule has 1 aliphatic rings. The van der Waals surface area contributed by atoms with Crippen LogP contribution in [0.5, 0.6) is 0 Å². The van der Waals surface area contributed by atoms with Crippen LogP contribution >= 0.6 is 11.6 Å². The maximum Gasteiger partial charge on any atom is 0.314 e. The Balaban J connectivity index is 2.48. The highest BCUT2D eigenvalue weighted by Gasteiger charge is 2.47. The second-order valence-corrected chi connectivity index (χ2v) is 4.30. The molecule has 1 saturated carbocycles. The van der Waals surface area contributed by atoms with Gasteiger partial charge in [0.2, 0.25) is 0 Å². The SMILES string of the molecule is O=C(O)C1(c2ccc(Cl)cc2F)CCC1. The molecule has 15 heavy (non-hydrogen) atoms. The molecule has 0 radical (unpaired) electrons. The van der Waals surface area contributed by atoms with Crippen LogP contribution in [0.15, 0.2) is 18.2 Å². The average Bonchev–Trinajstić information content (AvgIpc) is 2.05. The molecular formula is C11H10ClFO2. The van der Waals surface area contributed by atoms with E-state index in [1.807, 2.05) is 0 Å². The molecule has 0 spiro atoms. The van der Waals surface area contributed by atoms with Crippen molar-refractivity contribution in [2.24, 2.45) is 0 Å². The van der Waals surface area contributed by atoms with Crippen molar-refractivity contribution in [3.8, 4) is 0 Å². The second-order valence-electron chi connectivity index (χ2n) is 3.86. The third-order valence-electron chi connectivity index (χ3n) is 3.06. The lowest BCUT2D eigenvalue weighted by atomic mass is 9.64. The van der Waals surface area contributed by atoms with Gasteiger partial charge in [-0.25, -0.2) is 4.39 Å². The summed E-state index contributed by atoms with van der Waals surface area (Å²) in [5, 5.41) is 9.42. The smallest absolute Gasteiger partial charge is 0.314 e. The highest BCUT2D eigenvalue weighted by Crippen LogP contribution is 2.45. The molecule has 4 heteroatoms. The lowest BCUT2D eigenvalue weighted by molar-refractivity contribution is -0.147. The van der Waals surface area contributed by atoms with Crippen molar-refractivity contribution in [1.29, 1.82) is 0 Å². The highest BCUT2D eigenvalue weighted by atomic mass is 35.5. The van der Waals surface area contributed by atoms with Crippen molar-refractivity contribution in [3.05, 3.63) is 34.6 Å². The zero-order valence-electron chi connectivity index (χ0n) is 7.96. The van der Waals surface area contributed by atoms with Crippen LogP contribution in [0.2, 0.25) is 5.02 Å². The number of carbonyl (C=O) groups is 1. The summed E-state index contributed by atoms with van der Waals surface area (Å²) < 4.78 is 13.6. The Morgan fingerprint density at radius 1 is 1.47 bits per heavy atom. The van der Waals surface area contributed by atoms with E-state index in [0.717, 1.165) is 6.42 Å². The fourth-order valence-electron chi connectivity index (χ4n) is 2.01. The molecule has 1 N–H and O–H groups in total. The zero-order valence-corrected chi connectivity index (χ0v) is 8.72. The van der Waals surface area contributed by atoms with Crippen molar-refractivity contribution in [2.45, 2.75) is 24.7 Å². The van der Waals surface area contributed by atoms with Crippen molar-refractivity contribution in [3.63, 3.8) is 0 Å². The minimum absolute atomic E-state index is 0.255. The van der Waals surface area contributed by atoms with E-state index in [0.29, 0.717) is 12.8 Å². The quantitative estimate of drug-likeness (QED) is 0.845. The van der Waals surface area contributed by atoms with E-state index in [1.165, 1.54) is 18.2 Å². The number of carboxylic acid groups (broad SMARTS) is 1. The maximum atomic E-state index is 13.6. The molecular weight excluding hydrogens is 219 g/mol. The number of halogens is 2. The third kappa shape index (κ3) is 1.51. The molecule has 1 aromatic rings. The summed E-state index contributed by atoms with van der Waals surface area (Å²) in [5.74, 6) is -1.47. The fraction of sp³-hybridized carbons (Fsp3) is 0.364. The summed E-state index contributed by atoms with van der Waals surface area (Å²) >= 11 is 5.62. The van der Waals surface area contributed by atoms with E-state index >= 15 is 0 Å². The minimum Gasteiger partial charge on any atom is -0.481 e. The Morgan fingerprint density at radius 3 is 2.53 bits per heavy atom. The Kier molecular flexibility index (Phi) is 2.43. The van der Waals surface area contributed by atoms with Crippen LogP contribution < -0.4 is 0 Å². The average molecular weight is 229 g/mol. The molecule has 0 atom stereocenters. The third-order valence-corrected chi connectivity index (χ3v) is 3.30. The lowest BCUT2D eigenvalue weighted by Crippen LogP contribution is -2.43. The molecule has 0 amide bonds. The zero-order chi connectivity index (χ0) is 11.1. The molecule has 2 rings (SSSR count). The Labute approximate surface area is 91.7 Å². The van der Waals surface area contributed by atoms with E-state index in [1.54, 1.807) is 0 Å². The number of aliphatic carboxylic acids is 1. The highest BCUT2D eigenvalue weighted by molar-refractivity contribution is 6.30. The first-order valence-corrected chi connectivity index (χ1v) is 5.13. The normalized spacial score (nSPS) is 18.3. The molecule has 0 bridgehead atoms. The van der Waals surface area contributed by atoms with Crippen molar-refractivity contribution in [2.75, 3.05) is 0 Å². The summed E-state index contributed by atoms with van der Waals surface area (Å²) in [6.07, 6.45) is 1.83. The van der Waals surface area contributed by atoms with Crippen LogP contribution in [0.1, 0.15) is 24.8 Å². The van der Waals surface area contributed by atoms with Gasteiger partial charge in [0.15, 0.2) is 0 Å². The Hall–Kier alpha value is -1.09. The predicted octanol–water partition coefficient (Wildman–Crippen LogP) is 2.99. The van der Waals surface area contributed by atoms with Crippen LogP contribution in [0.3, 0.4) is 0 Å². The van der Waals surface area contributed by atoms with Crippen LogP contribution in [-0.2, 0) is 10.2 Å².